The van der Waals surface area contributed by atoms with E-state index in [9.17, 15) is 22.8 Å². The van der Waals surface area contributed by atoms with Crippen molar-refractivity contribution in [1.29, 1.82) is 0 Å². The van der Waals surface area contributed by atoms with E-state index in [4.69, 9.17) is 4.74 Å². The van der Waals surface area contributed by atoms with Crippen molar-refractivity contribution in [2.24, 2.45) is 0 Å². The predicted molar refractivity (Wildman–Crippen MR) is 101 cm³/mol. The molecule has 0 radical (unpaired) electrons. The van der Waals surface area contributed by atoms with Crippen molar-refractivity contribution in [3.63, 3.8) is 0 Å². The maximum absolute atomic E-state index is 12.8. The fourth-order valence-electron chi connectivity index (χ4n) is 2.68. The molecule has 1 atom stereocenters. The van der Waals surface area contributed by atoms with Crippen LogP contribution < -0.4 is 16.0 Å². The molecule has 3 N–H and O–H groups in total. The van der Waals surface area contributed by atoms with Gasteiger partial charge in [0.15, 0.2) is 5.13 Å². The minimum Gasteiger partial charge on any atom is -0.376 e. The first kappa shape index (κ1) is 21.1. The van der Waals surface area contributed by atoms with Gasteiger partial charge in [-0.2, -0.15) is 13.2 Å². The van der Waals surface area contributed by atoms with Crippen molar-refractivity contribution in [3.05, 3.63) is 40.9 Å². The number of carbonyl (C=O) groups excluding carboxylic acids is 2. The minimum atomic E-state index is -4.45. The average Bonchev–Trinajstić information content (AvgIpc) is 3.36. The Kier molecular flexibility index (Phi) is 6.70. The summed E-state index contributed by atoms with van der Waals surface area (Å²) in [6, 6.07) is 4.67. The van der Waals surface area contributed by atoms with Crippen LogP contribution in [0.2, 0.25) is 0 Å². The van der Waals surface area contributed by atoms with Crippen LogP contribution in [0.4, 0.5) is 24.0 Å². The van der Waals surface area contributed by atoms with Crippen LogP contribution in [0.25, 0.3) is 0 Å². The van der Waals surface area contributed by atoms with Gasteiger partial charge in [0, 0.05) is 24.2 Å². The molecule has 1 aromatic heterocycles. The number of carbonyl (C=O) groups is 2. The zero-order valence-corrected chi connectivity index (χ0v) is 16.0. The second-order valence-electron chi connectivity index (χ2n) is 6.36. The Morgan fingerprint density at radius 2 is 2.10 bits per heavy atom. The van der Waals surface area contributed by atoms with Crippen molar-refractivity contribution in [3.8, 4) is 0 Å². The van der Waals surface area contributed by atoms with E-state index in [-0.39, 0.29) is 35.1 Å². The standard InChI is InChI=1S/C18H19F3N4O3S/c19-18(20,21)11-3-1-4-12(7-11)24-17-25-14(10-29-17)16(27)23-9-15(26)22-8-13-5-2-6-28-13/h1,3-4,7,10,13H,2,5-6,8-9H2,(H,22,26)(H,23,27)(H,24,25)/t13-/m1/s1. The number of hydrogen-bond acceptors (Lipinski definition) is 6. The zero-order chi connectivity index (χ0) is 20.9. The molecule has 0 aliphatic carbocycles. The smallest absolute Gasteiger partial charge is 0.376 e. The summed E-state index contributed by atoms with van der Waals surface area (Å²) < 4.78 is 43.7. The van der Waals surface area contributed by atoms with Crippen LogP contribution >= 0.6 is 11.3 Å². The predicted octanol–water partition coefficient (Wildman–Crippen LogP) is 2.93. The molecule has 7 nitrogen and oxygen atoms in total. The maximum atomic E-state index is 12.8. The quantitative estimate of drug-likeness (QED) is 0.631. The summed E-state index contributed by atoms with van der Waals surface area (Å²) in [6.45, 7) is 0.883. The molecule has 2 aromatic rings. The summed E-state index contributed by atoms with van der Waals surface area (Å²) in [5.74, 6) is -0.892. The summed E-state index contributed by atoms with van der Waals surface area (Å²) in [5.41, 5.74) is -0.517. The van der Waals surface area contributed by atoms with Gasteiger partial charge in [-0.25, -0.2) is 4.98 Å². The van der Waals surface area contributed by atoms with Gasteiger partial charge in [-0.1, -0.05) is 6.07 Å². The molecule has 0 unspecified atom stereocenters. The Bertz CT molecular complexity index is 866. The van der Waals surface area contributed by atoms with Crippen LogP contribution in [-0.2, 0) is 15.7 Å². The fourth-order valence-corrected chi connectivity index (χ4v) is 3.39. The van der Waals surface area contributed by atoms with E-state index in [2.05, 4.69) is 20.9 Å². The number of amides is 2. The highest BCUT2D eigenvalue weighted by molar-refractivity contribution is 7.14. The molecule has 1 fully saturated rings. The lowest BCUT2D eigenvalue weighted by Crippen LogP contribution is -2.40. The third kappa shape index (κ3) is 6.16. The molecular formula is C18H19F3N4O3S. The van der Waals surface area contributed by atoms with E-state index in [0.717, 1.165) is 36.3 Å². The number of benzene rings is 1. The summed E-state index contributed by atoms with van der Waals surface area (Å²) in [7, 11) is 0. The third-order valence-electron chi connectivity index (χ3n) is 4.14. The molecule has 1 aromatic carbocycles. The van der Waals surface area contributed by atoms with Gasteiger partial charge < -0.3 is 20.7 Å². The largest absolute Gasteiger partial charge is 0.416 e. The summed E-state index contributed by atoms with van der Waals surface area (Å²) >= 11 is 1.07. The molecular weight excluding hydrogens is 409 g/mol. The molecule has 156 valence electrons. The van der Waals surface area contributed by atoms with E-state index >= 15 is 0 Å². The van der Waals surface area contributed by atoms with Gasteiger partial charge >= 0.3 is 6.18 Å². The van der Waals surface area contributed by atoms with Crippen molar-refractivity contribution < 1.29 is 27.5 Å². The van der Waals surface area contributed by atoms with Crippen LogP contribution in [0.5, 0.6) is 0 Å². The number of anilines is 2. The fraction of sp³-hybridized carbons (Fsp3) is 0.389. The first-order valence-electron chi connectivity index (χ1n) is 8.87. The molecule has 0 bridgehead atoms. The number of halogens is 3. The van der Waals surface area contributed by atoms with Crippen LogP contribution in [0.15, 0.2) is 29.6 Å². The molecule has 0 saturated carbocycles. The number of hydrogen-bond donors (Lipinski definition) is 3. The Hall–Kier alpha value is -2.66. The van der Waals surface area contributed by atoms with Gasteiger partial charge in [-0.05, 0) is 31.0 Å². The van der Waals surface area contributed by atoms with E-state index in [1.54, 1.807) is 0 Å². The number of aromatic nitrogens is 1. The van der Waals surface area contributed by atoms with Crippen molar-refractivity contribution in [2.45, 2.75) is 25.1 Å². The van der Waals surface area contributed by atoms with Gasteiger partial charge in [0.2, 0.25) is 5.91 Å². The first-order chi connectivity index (χ1) is 13.8. The van der Waals surface area contributed by atoms with Crippen LogP contribution in [0.1, 0.15) is 28.9 Å². The van der Waals surface area contributed by atoms with E-state index < -0.39 is 17.6 Å². The van der Waals surface area contributed by atoms with Crippen LogP contribution in [0.3, 0.4) is 0 Å². The number of nitrogens with zero attached hydrogens (tertiary/aromatic N) is 1. The number of alkyl halides is 3. The molecule has 1 aliphatic heterocycles. The van der Waals surface area contributed by atoms with Crippen LogP contribution in [-0.4, -0.2) is 42.6 Å². The minimum absolute atomic E-state index is 0.0117. The SMILES string of the molecule is O=C(CNC(=O)c1csc(Nc2cccc(C(F)(F)F)c2)n1)NC[C@H]1CCCO1. The monoisotopic (exact) mass is 428 g/mol. The van der Waals surface area contributed by atoms with Crippen LogP contribution in [0, 0.1) is 0 Å². The molecule has 2 amide bonds. The summed E-state index contributed by atoms with van der Waals surface area (Å²) in [4.78, 5) is 28.0. The molecule has 1 saturated heterocycles. The molecule has 11 heteroatoms. The number of ether oxygens (including phenoxy) is 1. The van der Waals surface area contributed by atoms with E-state index in [0.29, 0.717) is 13.2 Å². The second-order valence-corrected chi connectivity index (χ2v) is 7.22. The van der Waals surface area contributed by atoms with E-state index in [1.165, 1.54) is 17.5 Å². The van der Waals surface area contributed by atoms with Gasteiger partial charge in [-0.15, -0.1) is 11.3 Å². The van der Waals surface area contributed by atoms with Gasteiger partial charge in [0.1, 0.15) is 5.69 Å². The highest BCUT2D eigenvalue weighted by Gasteiger charge is 2.30. The number of nitrogens with one attached hydrogen (secondary N) is 3. The molecule has 2 heterocycles. The summed E-state index contributed by atoms with van der Waals surface area (Å²) in [6.07, 6.45) is -2.57. The topological polar surface area (TPSA) is 92.4 Å². The normalized spacial score (nSPS) is 16.4. The van der Waals surface area contributed by atoms with Gasteiger partial charge in [0.05, 0.1) is 18.2 Å². The number of thiazole rings is 1. The highest BCUT2D eigenvalue weighted by Crippen LogP contribution is 2.31. The first-order valence-corrected chi connectivity index (χ1v) is 9.75. The lowest BCUT2D eigenvalue weighted by molar-refractivity contribution is -0.137. The van der Waals surface area contributed by atoms with Gasteiger partial charge in [0.25, 0.3) is 5.91 Å². The van der Waals surface area contributed by atoms with Gasteiger partial charge in [-0.3, -0.25) is 9.59 Å². The molecule has 1 aliphatic rings. The van der Waals surface area contributed by atoms with Crippen molar-refractivity contribution in [1.82, 2.24) is 15.6 Å². The van der Waals surface area contributed by atoms with Crippen molar-refractivity contribution >= 4 is 34.0 Å². The van der Waals surface area contributed by atoms with Crippen molar-refractivity contribution in [2.75, 3.05) is 25.0 Å². The Labute approximate surface area is 168 Å². The molecule has 0 spiro atoms. The Balaban J connectivity index is 1.49. The molecule has 29 heavy (non-hydrogen) atoms. The highest BCUT2D eigenvalue weighted by atomic mass is 32.1. The lowest BCUT2D eigenvalue weighted by atomic mass is 10.2. The second kappa shape index (κ2) is 9.23. The average molecular weight is 428 g/mol. The lowest BCUT2D eigenvalue weighted by Gasteiger charge is -2.10. The summed E-state index contributed by atoms with van der Waals surface area (Å²) in [5, 5.41) is 9.60. The third-order valence-corrected chi connectivity index (χ3v) is 4.90. The Morgan fingerprint density at radius 1 is 1.28 bits per heavy atom. The Morgan fingerprint density at radius 3 is 2.83 bits per heavy atom. The van der Waals surface area contributed by atoms with E-state index in [1.807, 2.05) is 0 Å². The number of rotatable bonds is 7. The molecule has 3 rings (SSSR count). The maximum Gasteiger partial charge on any atom is 0.416 e. The zero-order valence-electron chi connectivity index (χ0n) is 15.2.